The lowest BCUT2D eigenvalue weighted by Crippen LogP contribution is -2.23. The molecule has 0 fully saturated rings. The van der Waals surface area contributed by atoms with E-state index in [0.29, 0.717) is 35.1 Å². The number of ether oxygens (including phenoxy) is 1. The van der Waals surface area contributed by atoms with E-state index in [9.17, 15) is 14.4 Å². The van der Waals surface area contributed by atoms with E-state index in [-0.39, 0.29) is 18.2 Å². The lowest BCUT2D eigenvalue weighted by Gasteiger charge is -2.16. The van der Waals surface area contributed by atoms with Gasteiger partial charge >= 0.3 is 5.97 Å². The molecule has 1 amide bonds. The topological polar surface area (TPSA) is 86.5 Å². The van der Waals surface area contributed by atoms with Crippen molar-refractivity contribution in [3.63, 3.8) is 0 Å². The summed E-state index contributed by atoms with van der Waals surface area (Å²) < 4.78 is 6.31. The van der Waals surface area contributed by atoms with Gasteiger partial charge in [0.2, 0.25) is 5.91 Å². The summed E-state index contributed by atoms with van der Waals surface area (Å²) in [7, 11) is 0. The Bertz CT molecular complexity index is 691. The average molecular weight is 442 g/mol. The molecule has 1 aromatic rings. The van der Waals surface area contributed by atoms with Gasteiger partial charge in [-0.25, -0.2) is 0 Å². The molecule has 164 valence electrons. The third kappa shape index (κ3) is 9.34. The number of nitrogens with two attached hydrogens (primary N) is 1. The molecule has 1 unspecified atom stereocenters. The van der Waals surface area contributed by atoms with Crippen molar-refractivity contribution >= 4 is 40.8 Å². The summed E-state index contributed by atoms with van der Waals surface area (Å²) in [6.45, 7) is 10.4. The SMILES string of the molecule is CCCCC(CC)COC(=O)CCSc1cc(C(N)=O)c(CC(=O)C(C)(C)C)s1. The third-order valence-electron chi connectivity index (χ3n) is 4.78. The van der Waals surface area contributed by atoms with E-state index in [1.54, 1.807) is 6.07 Å². The Morgan fingerprint density at radius 3 is 2.48 bits per heavy atom. The number of esters is 1. The summed E-state index contributed by atoms with van der Waals surface area (Å²) in [5.41, 5.74) is 5.41. The molecule has 0 saturated heterocycles. The highest BCUT2D eigenvalue weighted by atomic mass is 32.2. The summed E-state index contributed by atoms with van der Waals surface area (Å²) in [6.07, 6.45) is 4.94. The van der Waals surface area contributed by atoms with Crippen molar-refractivity contribution < 1.29 is 19.1 Å². The minimum Gasteiger partial charge on any atom is -0.465 e. The monoisotopic (exact) mass is 441 g/mol. The van der Waals surface area contributed by atoms with Crippen molar-refractivity contribution in [3.05, 3.63) is 16.5 Å². The highest BCUT2D eigenvalue weighted by Crippen LogP contribution is 2.33. The van der Waals surface area contributed by atoms with Crippen LogP contribution in [0.2, 0.25) is 0 Å². The van der Waals surface area contributed by atoms with Gasteiger partial charge in [0.15, 0.2) is 0 Å². The van der Waals surface area contributed by atoms with Crippen LogP contribution in [0.5, 0.6) is 0 Å². The molecule has 0 aliphatic carbocycles. The van der Waals surface area contributed by atoms with Crippen LogP contribution in [0.4, 0.5) is 0 Å². The average Bonchev–Trinajstić information content (AvgIpc) is 3.04. The number of thiophene rings is 1. The van der Waals surface area contributed by atoms with Crippen LogP contribution < -0.4 is 5.73 Å². The largest absolute Gasteiger partial charge is 0.465 e. The van der Waals surface area contributed by atoms with Crippen LogP contribution in [-0.4, -0.2) is 30.0 Å². The number of hydrogen-bond acceptors (Lipinski definition) is 6. The Hall–Kier alpha value is -1.34. The maximum atomic E-state index is 12.3. The van der Waals surface area contributed by atoms with Gasteiger partial charge in [-0.05, 0) is 18.4 Å². The molecule has 0 saturated carbocycles. The fourth-order valence-corrected chi connectivity index (χ4v) is 4.99. The van der Waals surface area contributed by atoms with Gasteiger partial charge in [0.05, 0.1) is 22.8 Å². The quantitative estimate of drug-likeness (QED) is 0.334. The van der Waals surface area contributed by atoms with Crippen LogP contribution in [0.3, 0.4) is 0 Å². The molecule has 1 rings (SSSR count). The molecule has 0 aliphatic heterocycles. The lowest BCUT2D eigenvalue weighted by atomic mass is 9.88. The smallest absolute Gasteiger partial charge is 0.306 e. The Kier molecular flexibility index (Phi) is 11.0. The zero-order valence-electron chi connectivity index (χ0n) is 18.3. The van der Waals surface area contributed by atoms with Crippen LogP contribution in [0.1, 0.15) is 82.0 Å². The first kappa shape index (κ1) is 25.7. The molecule has 0 radical (unpaired) electrons. The maximum Gasteiger partial charge on any atom is 0.306 e. The van der Waals surface area contributed by atoms with Gasteiger partial charge in [0.1, 0.15) is 5.78 Å². The van der Waals surface area contributed by atoms with Gasteiger partial charge in [0.25, 0.3) is 0 Å². The number of carbonyl (C=O) groups is 3. The second kappa shape index (κ2) is 12.4. The predicted octanol–water partition coefficient (Wildman–Crippen LogP) is 5.25. The summed E-state index contributed by atoms with van der Waals surface area (Å²) in [5, 5.41) is 0. The molecule has 0 aromatic carbocycles. The highest BCUT2D eigenvalue weighted by molar-refractivity contribution is 8.01. The first-order valence-electron chi connectivity index (χ1n) is 10.3. The number of rotatable bonds is 13. The Morgan fingerprint density at radius 1 is 1.24 bits per heavy atom. The van der Waals surface area contributed by atoms with Crippen molar-refractivity contribution in [2.24, 2.45) is 17.1 Å². The van der Waals surface area contributed by atoms with Gasteiger partial charge in [-0.2, -0.15) is 0 Å². The second-order valence-electron chi connectivity index (χ2n) is 8.31. The second-order valence-corrected chi connectivity index (χ2v) is 10.8. The molecule has 7 heteroatoms. The molecule has 2 N–H and O–H groups in total. The fraction of sp³-hybridized carbons (Fsp3) is 0.682. The van der Waals surface area contributed by atoms with Gasteiger partial charge in [-0.15, -0.1) is 23.1 Å². The van der Waals surface area contributed by atoms with Crippen molar-refractivity contribution in [2.45, 2.75) is 77.4 Å². The van der Waals surface area contributed by atoms with E-state index < -0.39 is 11.3 Å². The summed E-state index contributed by atoms with van der Waals surface area (Å²) in [5.74, 6) is 0.347. The Balaban J connectivity index is 2.55. The Labute approximate surface area is 183 Å². The first-order chi connectivity index (χ1) is 13.6. The number of hydrogen-bond donors (Lipinski definition) is 1. The third-order valence-corrected chi connectivity index (χ3v) is 7.13. The summed E-state index contributed by atoms with van der Waals surface area (Å²) >= 11 is 2.89. The number of ketones is 1. The molecule has 1 heterocycles. The maximum absolute atomic E-state index is 12.3. The van der Waals surface area contributed by atoms with Gasteiger partial charge < -0.3 is 10.5 Å². The van der Waals surface area contributed by atoms with Crippen LogP contribution in [0, 0.1) is 11.3 Å². The minimum absolute atomic E-state index is 0.0653. The van der Waals surface area contributed by atoms with Crippen LogP contribution in [0.15, 0.2) is 10.3 Å². The number of amides is 1. The molecule has 1 aromatic heterocycles. The van der Waals surface area contributed by atoms with Crippen molar-refractivity contribution in [3.8, 4) is 0 Å². The number of thioether (sulfide) groups is 1. The highest BCUT2D eigenvalue weighted by Gasteiger charge is 2.24. The number of unbranched alkanes of at least 4 members (excludes halogenated alkanes) is 1. The molecule has 1 atom stereocenters. The van der Waals surface area contributed by atoms with Gasteiger partial charge in [-0.3, -0.25) is 14.4 Å². The minimum atomic E-state index is -0.526. The molecule has 0 aliphatic rings. The van der Waals surface area contributed by atoms with Crippen LogP contribution in [0.25, 0.3) is 0 Å². The van der Waals surface area contributed by atoms with E-state index in [1.807, 2.05) is 20.8 Å². The van der Waals surface area contributed by atoms with Crippen molar-refractivity contribution in [1.82, 2.24) is 0 Å². The Morgan fingerprint density at radius 2 is 1.93 bits per heavy atom. The van der Waals surface area contributed by atoms with Crippen LogP contribution in [-0.2, 0) is 20.7 Å². The summed E-state index contributed by atoms with van der Waals surface area (Å²) in [4.78, 5) is 36.8. The predicted molar refractivity (Wildman–Crippen MR) is 121 cm³/mol. The zero-order chi connectivity index (χ0) is 22.0. The van der Waals surface area contributed by atoms with Gasteiger partial charge in [-0.1, -0.05) is 53.9 Å². The molecule has 0 spiro atoms. The molecular weight excluding hydrogens is 406 g/mol. The van der Waals surface area contributed by atoms with E-state index in [1.165, 1.54) is 23.1 Å². The molecule has 29 heavy (non-hydrogen) atoms. The van der Waals surface area contributed by atoms with E-state index in [4.69, 9.17) is 10.5 Å². The normalized spacial score (nSPS) is 12.6. The first-order valence-corrected chi connectivity index (χ1v) is 12.1. The molecular formula is C22H35NO4S2. The number of Topliss-reactive ketones (excluding diaryl/α,β-unsaturated/α-hetero) is 1. The zero-order valence-corrected chi connectivity index (χ0v) is 20.0. The fourth-order valence-electron chi connectivity index (χ4n) is 2.64. The molecule has 5 nitrogen and oxygen atoms in total. The standard InChI is InChI=1S/C22H35NO4S2/c1-6-8-9-15(7-2)14-27-19(25)10-11-28-20-12-16(21(23)26)17(29-20)13-18(24)22(3,4)5/h12,15H,6-11,13-14H2,1-5H3,(H2,23,26). The summed E-state index contributed by atoms with van der Waals surface area (Å²) in [6, 6.07) is 1.73. The van der Waals surface area contributed by atoms with Crippen LogP contribution >= 0.6 is 23.1 Å². The number of carbonyl (C=O) groups excluding carboxylic acids is 3. The van der Waals surface area contributed by atoms with Crippen molar-refractivity contribution in [2.75, 3.05) is 12.4 Å². The van der Waals surface area contributed by atoms with Crippen molar-refractivity contribution in [1.29, 1.82) is 0 Å². The van der Waals surface area contributed by atoms with E-state index >= 15 is 0 Å². The van der Waals surface area contributed by atoms with E-state index in [0.717, 1.165) is 29.9 Å². The lowest BCUT2D eigenvalue weighted by molar-refractivity contribution is -0.144. The van der Waals surface area contributed by atoms with E-state index in [2.05, 4.69) is 13.8 Å². The number of primary amides is 1. The molecule has 0 bridgehead atoms. The van der Waals surface area contributed by atoms with Gasteiger partial charge in [0, 0.05) is 22.5 Å².